The molecule has 1 amide bonds. The summed E-state index contributed by atoms with van der Waals surface area (Å²) < 4.78 is 23.3. The number of hydrogen-bond donors (Lipinski definition) is 1. The van der Waals surface area contributed by atoms with Crippen molar-refractivity contribution in [3.8, 4) is 0 Å². The van der Waals surface area contributed by atoms with Crippen molar-refractivity contribution in [2.45, 2.75) is 24.9 Å². The molecule has 104 valence electrons. The van der Waals surface area contributed by atoms with Crippen LogP contribution in [0.1, 0.15) is 24.3 Å². The van der Waals surface area contributed by atoms with Crippen molar-refractivity contribution in [1.82, 2.24) is 10.3 Å². The summed E-state index contributed by atoms with van der Waals surface area (Å²) in [4.78, 5) is 14.8. The van der Waals surface area contributed by atoms with Crippen molar-refractivity contribution in [1.29, 1.82) is 0 Å². The molecule has 1 N–H and O–H groups in total. The van der Waals surface area contributed by atoms with E-state index in [1.807, 2.05) is 0 Å². The zero-order valence-corrected chi connectivity index (χ0v) is 11.1. The van der Waals surface area contributed by atoms with Crippen LogP contribution in [0.15, 0.2) is 12.1 Å². The molecule has 1 saturated carbocycles. The summed E-state index contributed by atoms with van der Waals surface area (Å²) in [7, 11) is 1.47. The number of hydrogen-bond acceptors (Lipinski definition) is 4. The third-order valence-electron chi connectivity index (χ3n) is 3.01. The first-order valence-electron chi connectivity index (χ1n) is 5.85. The topological polar surface area (TPSA) is 60.5 Å². The molecule has 19 heavy (non-hydrogen) atoms. The number of halogens is 2. The van der Waals surface area contributed by atoms with Gasteiger partial charge in [-0.25, -0.2) is 9.78 Å². The molecule has 5 nitrogen and oxygen atoms in total. The van der Waals surface area contributed by atoms with Crippen molar-refractivity contribution in [3.63, 3.8) is 0 Å². The SMILES string of the molecule is COCNC(=O)OC1CC(c2ccc(Cl)nc2F)C1. The van der Waals surface area contributed by atoms with Gasteiger partial charge in [0.15, 0.2) is 0 Å². The highest BCUT2D eigenvalue weighted by molar-refractivity contribution is 6.29. The molecule has 0 aliphatic heterocycles. The van der Waals surface area contributed by atoms with E-state index in [4.69, 9.17) is 16.3 Å². The number of ether oxygens (including phenoxy) is 2. The molecule has 0 spiro atoms. The normalized spacial score (nSPS) is 21.6. The van der Waals surface area contributed by atoms with Crippen molar-refractivity contribution in [2.75, 3.05) is 13.8 Å². The largest absolute Gasteiger partial charge is 0.446 e. The number of pyridine rings is 1. The van der Waals surface area contributed by atoms with Gasteiger partial charge in [-0.3, -0.25) is 5.32 Å². The lowest BCUT2D eigenvalue weighted by atomic mass is 9.78. The van der Waals surface area contributed by atoms with Crippen LogP contribution in [0.4, 0.5) is 9.18 Å². The number of carbonyl (C=O) groups excluding carboxylic acids is 1. The molecule has 7 heteroatoms. The third-order valence-corrected chi connectivity index (χ3v) is 3.22. The monoisotopic (exact) mass is 288 g/mol. The van der Waals surface area contributed by atoms with Gasteiger partial charge in [0.05, 0.1) is 0 Å². The molecule has 0 saturated heterocycles. The van der Waals surface area contributed by atoms with E-state index in [0.717, 1.165) is 0 Å². The summed E-state index contributed by atoms with van der Waals surface area (Å²) in [5, 5.41) is 2.55. The highest BCUT2D eigenvalue weighted by Gasteiger charge is 2.35. The van der Waals surface area contributed by atoms with E-state index >= 15 is 0 Å². The maximum Gasteiger partial charge on any atom is 0.409 e. The Hall–Kier alpha value is -1.40. The second-order valence-corrected chi connectivity index (χ2v) is 4.71. The minimum atomic E-state index is -0.556. The number of aromatic nitrogens is 1. The molecule has 1 aliphatic rings. The average molecular weight is 289 g/mol. The first kappa shape index (κ1) is 14.0. The molecule has 1 aromatic heterocycles. The summed E-state index contributed by atoms with van der Waals surface area (Å²) in [5.41, 5.74) is 0.515. The minimum Gasteiger partial charge on any atom is -0.446 e. The summed E-state index contributed by atoms with van der Waals surface area (Å²) in [5.74, 6) is -0.537. The van der Waals surface area contributed by atoms with Crippen molar-refractivity contribution >= 4 is 17.7 Å². The fourth-order valence-corrected chi connectivity index (χ4v) is 2.10. The average Bonchev–Trinajstić information content (AvgIpc) is 2.32. The van der Waals surface area contributed by atoms with Crippen LogP contribution in [-0.4, -0.2) is 31.0 Å². The predicted molar refractivity (Wildman–Crippen MR) is 66.5 cm³/mol. The molecular weight excluding hydrogens is 275 g/mol. The molecule has 1 aliphatic carbocycles. The zero-order chi connectivity index (χ0) is 13.8. The van der Waals surface area contributed by atoms with Gasteiger partial charge in [-0.15, -0.1) is 0 Å². The molecule has 1 heterocycles. The van der Waals surface area contributed by atoms with Gasteiger partial charge in [-0.1, -0.05) is 17.7 Å². The predicted octanol–water partition coefficient (Wildman–Crippen LogP) is 2.45. The number of nitrogens with one attached hydrogen (secondary N) is 1. The van der Waals surface area contributed by atoms with Crippen molar-refractivity contribution in [2.24, 2.45) is 0 Å². The first-order chi connectivity index (χ1) is 9.10. The Balaban J connectivity index is 1.81. The standard InChI is InChI=1S/C12H14ClFN2O3/c1-18-6-15-12(17)19-8-4-7(5-8)9-2-3-10(13)16-11(9)14/h2-3,7-8H,4-6H2,1H3,(H,15,17). The van der Waals surface area contributed by atoms with Crippen LogP contribution in [0, 0.1) is 5.95 Å². The van der Waals surface area contributed by atoms with Crippen molar-refractivity contribution in [3.05, 3.63) is 28.8 Å². The molecule has 1 aromatic rings. The molecular formula is C12H14ClFN2O3. The minimum absolute atomic E-state index is 0.0185. The maximum atomic E-state index is 13.5. The van der Waals surface area contributed by atoms with E-state index < -0.39 is 12.0 Å². The van der Waals surface area contributed by atoms with Crippen LogP contribution >= 0.6 is 11.6 Å². The molecule has 2 rings (SSSR count). The summed E-state index contributed by atoms with van der Waals surface area (Å²) in [6.45, 7) is 0.102. The van der Waals surface area contributed by atoms with E-state index in [9.17, 15) is 9.18 Å². The van der Waals surface area contributed by atoms with E-state index in [1.54, 1.807) is 12.1 Å². The number of alkyl carbamates (subject to hydrolysis) is 1. The van der Waals surface area contributed by atoms with Gasteiger partial charge in [0, 0.05) is 12.7 Å². The van der Waals surface area contributed by atoms with E-state index in [-0.39, 0.29) is 23.9 Å². The van der Waals surface area contributed by atoms with E-state index in [2.05, 4.69) is 15.0 Å². The van der Waals surface area contributed by atoms with Crippen LogP contribution in [0.25, 0.3) is 0 Å². The van der Waals surface area contributed by atoms with E-state index in [1.165, 1.54) is 7.11 Å². The van der Waals surface area contributed by atoms with Crippen molar-refractivity contribution < 1.29 is 18.7 Å². The summed E-state index contributed by atoms with van der Waals surface area (Å²) >= 11 is 5.59. The number of amides is 1. The van der Waals surface area contributed by atoms with Gasteiger partial charge in [-0.05, 0) is 24.8 Å². The molecule has 0 atom stereocenters. The quantitative estimate of drug-likeness (QED) is 0.683. The Morgan fingerprint density at radius 2 is 2.32 bits per heavy atom. The second-order valence-electron chi connectivity index (χ2n) is 4.32. The Kier molecular flexibility index (Phi) is 4.55. The van der Waals surface area contributed by atoms with Crippen LogP contribution < -0.4 is 5.32 Å². The Bertz CT molecular complexity index is 466. The van der Waals surface area contributed by atoms with Crippen LogP contribution in [0.5, 0.6) is 0 Å². The van der Waals surface area contributed by atoms with Crippen LogP contribution in [0.3, 0.4) is 0 Å². The molecule has 0 radical (unpaired) electrons. The van der Waals surface area contributed by atoms with Crippen LogP contribution in [-0.2, 0) is 9.47 Å². The fourth-order valence-electron chi connectivity index (χ4n) is 1.97. The lowest BCUT2D eigenvalue weighted by Gasteiger charge is -2.34. The molecule has 0 bridgehead atoms. The van der Waals surface area contributed by atoms with Gasteiger partial charge in [-0.2, -0.15) is 4.39 Å². The summed E-state index contributed by atoms with van der Waals surface area (Å²) in [6, 6.07) is 3.18. The van der Waals surface area contributed by atoms with Crippen LogP contribution in [0.2, 0.25) is 5.15 Å². The lowest BCUT2D eigenvalue weighted by molar-refractivity contribution is 0.0323. The lowest BCUT2D eigenvalue weighted by Crippen LogP contribution is -2.37. The number of carbonyl (C=O) groups is 1. The fraction of sp³-hybridized carbons (Fsp3) is 0.500. The summed E-state index contributed by atoms with van der Waals surface area (Å²) in [6.07, 6.45) is 0.443. The Morgan fingerprint density at radius 1 is 1.58 bits per heavy atom. The highest BCUT2D eigenvalue weighted by Crippen LogP contribution is 2.39. The number of rotatable bonds is 4. The Morgan fingerprint density at radius 3 is 2.95 bits per heavy atom. The van der Waals surface area contributed by atoms with Gasteiger partial charge in [0.1, 0.15) is 18.0 Å². The molecule has 0 aromatic carbocycles. The van der Waals surface area contributed by atoms with Gasteiger partial charge in [0.2, 0.25) is 5.95 Å². The Labute approximate surface area is 115 Å². The first-order valence-corrected chi connectivity index (χ1v) is 6.23. The number of nitrogens with zero attached hydrogens (tertiary/aromatic N) is 1. The zero-order valence-electron chi connectivity index (χ0n) is 10.4. The maximum absolute atomic E-state index is 13.5. The van der Waals surface area contributed by atoms with E-state index in [0.29, 0.717) is 18.4 Å². The second kappa shape index (κ2) is 6.16. The molecule has 1 fully saturated rings. The number of methoxy groups -OCH3 is 1. The third kappa shape index (κ3) is 3.54. The van der Waals surface area contributed by atoms with Gasteiger partial charge < -0.3 is 9.47 Å². The van der Waals surface area contributed by atoms with Gasteiger partial charge in [0.25, 0.3) is 0 Å². The van der Waals surface area contributed by atoms with Gasteiger partial charge >= 0.3 is 6.09 Å². The highest BCUT2D eigenvalue weighted by atomic mass is 35.5. The smallest absolute Gasteiger partial charge is 0.409 e. The molecule has 0 unspecified atom stereocenters.